The average molecular weight is 370 g/mol. The van der Waals surface area contributed by atoms with Crippen LogP contribution >= 0.6 is 0 Å². The molecule has 1 fully saturated rings. The first-order valence-corrected chi connectivity index (χ1v) is 8.72. The molecule has 10 heteroatoms. The van der Waals surface area contributed by atoms with E-state index >= 15 is 0 Å². The van der Waals surface area contributed by atoms with Gasteiger partial charge < -0.3 is 10.2 Å². The molecule has 1 saturated heterocycles. The molecule has 1 aliphatic heterocycles. The number of unbranched alkanes of at least 4 members (excludes halogenated alkanes) is 1. The van der Waals surface area contributed by atoms with E-state index in [1.165, 1.54) is 6.07 Å². The van der Waals surface area contributed by atoms with Crippen molar-refractivity contribution in [1.29, 1.82) is 0 Å². The van der Waals surface area contributed by atoms with Gasteiger partial charge in [-0.2, -0.15) is 17.7 Å². The van der Waals surface area contributed by atoms with Crippen LogP contribution in [0.5, 0.6) is 0 Å². The molecule has 2 aromatic rings. The third-order valence-corrected chi connectivity index (χ3v) is 4.45. The van der Waals surface area contributed by atoms with Crippen LogP contribution in [0, 0.1) is 5.92 Å². The number of carbonyl (C=O) groups excluding carboxylic acids is 1. The standard InChI is InChI=1S/C16H21F3N6O/c1-2-3-8-20-14(26)11-5-4-9-24(10-11)13-7-6-12-21-22-15(16(17,18)19)25(12)23-13/h6-7,11H,2-5,8-10H2,1H3,(H,20,26). The summed E-state index contributed by atoms with van der Waals surface area (Å²) < 4.78 is 39.7. The van der Waals surface area contributed by atoms with Gasteiger partial charge in [-0.15, -0.1) is 15.3 Å². The fourth-order valence-corrected chi connectivity index (χ4v) is 3.06. The third-order valence-electron chi connectivity index (χ3n) is 4.45. The van der Waals surface area contributed by atoms with Crippen LogP contribution in [0.25, 0.3) is 5.65 Å². The Morgan fingerprint density at radius 1 is 1.35 bits per heavy atom. The predicted molar refractivity (Wildman–Crippen MR) is 88.6 cm³/mol. The fraction of sp³-hybridized carbons (Fsp3) is 0.625. The van der Waals surface area contributed by atoms with E-state index in [4.69, 9.17) is 0 Å². The zero-order chi connectivity index (χ0) is 18.7. The Kier molecular flexibility index (Phi) is 5.28. The summed E-state index contributed by atoms with van der Waals surface area (Å²) in [7, 11) is 0. The maximum absolute atomic E-state index is 13.0. The molecule has 0 radical (unpaired) electrons. The first-order chi connectivity index (χ1) is 12.4. The van der Waals surface area contributed by atoms with Gasteiger partial charge >= 0.3 is 6.18 Å². The van der Waals surface area contributed by atoms with Crippen molar-refractivity contribution in [3.05, 3.63) is 18.0 Å². The third kappa shape index (κ3) is 3.88. The van der Waals surface area contributed by atoms with Gasteiger partial charge in [-0.25, -0.2) is 0 Å². The number of carbonyl (C=O) groups is 1. The lowest BCUT2D eigenvalue weighted by Crippen LogP contribution is -2.43. The number of hydrogen-bond donors (Lipinski definition) is 1. The highest BCUT2D eigenvalue weighted by Crippen LogP contribution is 2.28. The van der Waals surface area contributed by atoms with E-state index in [0.717, 1.165) is 25.7 Å². The molecule has 0 saturated carbocycles. The van der Waals surface area contributed by atoms with Gasteiger partial charge in [-0.3, -0.25) is 4.79 Å². The lowest BCUT2D eigenvalue weighted by Gasteiger charge is -2.32. The quantitative estimate of drug-likeness (QED) is 0.818. The van der Waals surface area contributed by atoms with Gasteiger partial charge in [-0.1, -0.05) is 13.3 Å². The number of fused-ring (bicyclic) bond motifs is 1. The van der Waals surface area contributed by atoms with Crippen molar-refractivity contribution < 1.29 is 18.0 Å². The maximum atomic E-state index is 13.0. The molecule has 1 atom stereocenters. The van der Waals surface area contributed by atoms with Gasteiger partial charge in [0.1, 0.15) is 5.82 Å². The van der Waals surface area contributed by atoms with Crippen molar-refractivity contribution in [2.75, 3.05) is 24.5 Å². The summed E-state index contributed by atoms with van der Waals surface area (Å²) in [5.74, 6) is -0.973. The molecule has 1 unspecified atom stereocenters. The van der Waals surface area contributed by atoms with E-state index in [1.54, 1.807) is 6.07 Å². The van der Waals surface area contributed by atoms with Crippen molar-refractivity contribution in [2.45, 2.75) is 38.8 Å². The SMILES string of the molecule is CCCCNC(=O)C1CCCN(c2ccc3nnc(C(F)(F)F)n3n2)C1. The molecule has 1 N–H and O–H groups in total. The van der Waals surface area contributed by atoms with Crippen LogP contribution in [0.1, 0.15) is 38.4 Å². The first kappa shape index (κ1) is 18.4. The van der Waals surface area contributed by atoms with Crippen LogP contribution in [0.2, 0.25) is 0 Å². The van der Waals surface area contributed by atoms with Crippen LogP contribution in [-0.4, -0.2) is 45.4 Å². The van der Waals surface area contributed by atoms with Gasteiger partial charge in [0.25, 0.3) is 5.82 Å². The monoisotopic (exact) mass is 370 g/mol. The molecule has 1 aliphatic rings. The van der Waals surface area contributed by atoms with E-state index in [1.807, 2.05) is 4.90 Å². The Morgan fingerprint density at radius 3 is 2.88 bits per heavy atom. The smallest absolute Gasteiger partial charge is 0.356 e. The van der Waals surface area contributed by atoms with Gasteiger partial charge in [0.05, 0.1) is 5.92 Å². The summed E-state index contributed by atoms with van der Waals surface area (Å²) in [6, 6.07) is 3.07. The van der Waals surface area contributed by atoms with E-state index < -0.39 is 12.0 Å². The van der Waals surface area contributed by atoms with Gasteiger partial charge in [-0.05, 0) is 31.4 Å². The number of nitrogens with zero attached hydrogens (tertiary/aromatic N) is 5. The highest BCUT2D eigenvalue weighted by molar-refractivity contribution is 5.79. The Hall–Kier alpha value is -2.39. The number of alkyl halides is 3. The number of halogens is 3. The van der Waals surface area contributed by atoms with Crippen molar-refractivity contribution in [3.8, 4) is 0 Å². The first-order valence-electron chi connectivity index (χ1n) is 8.72. The number of aromatic nitrogens is 4. The maximum Gasteiger partial charge on any atom is 0.453 e. The zero-order valence-electron chi connectivity index (χ0n) is 14.5. The van der Waals surface area contributed by atoms with Crippen LogP contribution in [0.4, 0.5) is 19.0 Å². The van der Waals surface area contributed by atoms with Crippen molar-refractivity contribution in [1.82, 2.24) is 25.1 Å². The minimum atomic E-state index is -4.63. The van der Waals surface area contributed by atoms with Crippen molar-refractivity contribution >= 4 is 17.4 Å². The van der Waals surface area contributed by atoms with Gasteiger partial charge in [0.2, 0.25) is 5.91 Å². The van der Waals surface area contributed by atoms with Crippen LogP contribution in [0.15, 0.2) is 12.1 Å². The van der Waals surface area contributed by atoms with Crippen LogP contribution in [0.3, 0.4) is 0 Å². The number of piperidine rings is 1. The Balaban J connectivity index is 1.77. The predicted octanol–water partition coefficient (Wildman–Crippen LogP) is 2.28. The summed E-state index contributed by atoms with van der Waals surface area (Å²) in [5, 5.41) is 13.7. The molecule has 0 bridgehead atoms. The highest BCUT2D eigenvalue weighted by atomic mass is 19.4. The molecule has 0 spiro atoms. The average Bonchev–Trinajstić information content (AvgIpc) is 3.05. The molecular weight excluding hydrogens is 349 g/mol. The summed E-state index contributed by atoms with van der Waals surface area (Å²) in [6.07, 6.45) is -1.17. The topological polar surface area (TPSA) is 75.4 Å². The second kappa shape index (κ2) is 7.46. The summed E-state index contributed by atoms with van der Waals surface area (Å²) >= 11 is 0. The second-order valence-electron chi connectivity index (χ2n) is 6.41. The summed E-state index contributed by atoms with van der Waals surface area (Å²) in [6.45, 7) is 3.77. The van der Waals surface area contributed by atoms with Crippen molar-refractivity contribution in [3.63, 3.8) is 0 Å². The normalized spacial score (nSPS) is 18.3. The van der Waals surface area contributed by atoms with Gasteiger partial charge in [0, 0.05) is 19.6 Å². The van der Waals surface area contributed by atoms with E-state index in [2.05, 4.69) is 27.5 Å². The lowest BCUT2D eigenvalue weighted by molar-refractivity contribution is -0.146. The van der Waals surface area contributed by atoms with Crippen LogP contribution in [-0.2, 0) is 11.0 Å². The molecule has 1 amide bonds. The molecule has 142 valence electrons. The Labute approximate surface area is 148 Å². The molecule has 7 nitrogen and oxygen atoms in total. The molecule has 26 heavy (non-hydrogen) atoms. The lowest BCUT2D eigenvalue weighted by atomic mass is 9.97. The minimum absolute atomic E-state index is 0.00972. The van der Waals surface area contributed by atoms with Crippen LogP contribution < -0.4 is 10.2 Å². The molecule has 0 aliphatic carbocycles. The van der Waals surface area contributed by atoms with Crippen molar-refractivity contribution in [2.24, 2.45) is 5.92 Å². The van der Waals surface area contributed by atoms with E-state index in [9.17, 15) is 18.0 Å². The molecule has 2 aromatic heterocycles. The zero-order valence-corrected chi connectivity index (χ0v) is 14.5. The molecule has 3 heterocycles. The number of amides is 1. The minimum Gasteiger partial charge on any atom is -0.356 e. The number of anilines is 1. The molecule has 0 aromatic carbocycles. The summed E-state index contributed by atoms with van der Waals surface area (Å²) in [4.78, 5) is 14.1. The highest BCUT2D eigenvalue weighted by Gasteiger charge is 2.38. The fourth-order valence-electron chi connectivity index (χ4n) is 3.06. The number of hydrogen-bond acceptors (Lipinski definition) is 5. The molecule has 3 rings (SSSR count). The Morgan fingerprint density at radius 2 is 2.15 bits per heavy atom. The summed E-state index contributed by atoms with van der Waals surface area (Å²) in [5.41, 5.74) is 0.0342. The van der Waals surface area contributed by atoms with E-state index in [0.29, 0.717) is 30.0 Å². The second-order valence-corrected chi connectivity index (χ2v) is 6.41. The number of rotatable bonds is 5. The molecular formula is C16H21F3N6O. The Bertz CT molecular complexity index is 775. The number of nitrogens with one attached hydrogen (secondary N) is 1. The van der Waals surface area contributed by atoms with Gasteiger partial charge in [0.15, 0.2) is 5.65 Å². The van der Waals surface area contributed by atoms with E-state index in [-0.39, 0.29) is 17.5 Å². The largest absolute Gasteiger partial charge is 0.453 e.